The van der Waals surface area contributed by atoms with Crippen LogP contribution >= 0.6 is 0 Å². The first-order valence-corrected chi connectivity index (χ1v) is 8.21. The van der Waals surface area contributed by atoms with Crippen molar-refractivity contribution >= 4 is 5.95 Å². The van der Waals surface area contributed by atoms with Crippen LogP contribution in [0.4, 0.5) is 5.95 Å². The molecule has 1 saturated heterocycles. The maximum absolute atomic E-state index is 8.94. The largest absolute Gasteiger partial charge is 0.394 e. The molecule has 2 heterocycles. The summed E-state index contributed by atoms with van der Waals surface area (Å²) in [7, 11) is 0. The molecule has 1 aliphatic carbocycles. The van der Waals surface area contributed by atoms with Crippen LogP contribution in [0.15, 0.2) is 0 Å². The first kappa shape index (κ1) is 15.6. The molecular formula is C16H25N3O3. The Morgan fingerprint density at radius 1 is 1.32 bits per heavy atom. The molecule has 0 radical (unpaired) electrons. The zero-order chi connectivity index (χ0) is 15.4. The smallest absolute Gasteiger partial charge is 0.223 e. The normalized spacial score (nSPS) is 24.8. The minimum Gasteiger partial charge on any atom is -0.394 e. The number of hydrogen-bond acceptors (Lipinski definition) is 6. The molecule has 1 fully saturated rings. The molecular weight excluding hydrogens is 282 g/mol. The Morgan fingerprint density at radius 3 is 3.05 bits per heavy atom. The Bertz CT molecular complexity index is 510. The Hall–Kier alpha value is -1.24. The minimum atomic E-state index is 0.0286. The number of fused-ring (bicyclic) bond motifs is 1. The number of aromatic nitrogens is 2. The lowest BCUT2D eigenvalue weighted by Crippen LogP contribution is -2.44. The molecule has 1 aliphatic heterocycles. The van der Waals surface area contributed by atoms with E-state index in [1.54, 1.807) is 0 Å². The number of anilines is 1. The summed E-state index contributed by atoms with van der Waals surface area (Å²) in [6.07, 6.45) is 5.42. The highest BCUT2D eigenvalue weighted by Gasteiger charge is 2.27. The van der Waals surface area contributed by atoms with E-state index in [0.717, 1.165) is 25.0 Å². The standard InChI is InChI=1S/C16H25N3O3/c1-11-12-4-2-3-5-13(12)18-16(17-11)19-14-10-21-8-6-15(14)22-9-7-20/h14-15,20H,2-10H2,1H3,(H,17,18,19)/t14-,15+/m1/s1. The van der Waals surface area contributed by atoms with Gasteiger partial charge in [-0.05, 0) is 44.6 Å². The van der Waals surface area contributed by atoms with Crippen molar-refractivity contribution < 1.29 is 14.6 Å². The van der Waals surface area contributed by atoms with Crippen LogP contribution in [-0.4, -0.2) is 53.6 Å². The van der Waals surface area contributed by atoms with Gasteiger partial charge in [0.25, 0.3) is 0 Å². The maximum atomic E-state index is 8.94. The van der Waals surface area contributed by atoms with Crippen LogP contribution in [0.2, 0.25) is 0 Å². The SMILES string of the molecule is Cc1nc(N[C@@H]2COCC[C@@H]2OCCO)nc2c1CCCC2. The summed E-state index contributed by atoms with van der Waals surface area (Å²) in [5.41, 5.74) is 3.59. The van der Waals surface area contributed by atoms with E-state index in [0.29, 0.717) is 25.8 Å². The first-order valence-electron chi connectivity index (χ1n) is 8.21. The van der Waals surface area contributed by atoms with E-state index in [2.05, 4.69) is 17.2 Å². The fourth-order valence-corrected chi connectivity index (χ4v) is 3.27. The van der Waals surface area contributed by atoms with Crippen molar-refractivity contribution in [2.75, 3.05) is 31.7 Å². The third-order valence-corrected chi connectivity index (χ3v) is 4.42. The molecule has 3 rings (SSSR count). The van der Waals surface area contributed by atoms with Crippen molar-refractivity contribution in [2.24, 2.45) is 0 Å². The number of hydrogen-bond donors (Lipinski definition) is 2. The third-order valence-electron chi connectivity index (χ3n) is 4.42. The summed E-state index contributed by atoms with van der Waals surface area (Å²) in [6, 6.07) is 0.0290. The van der Waals surface area contributed by atoms with Gasteiger partial charge in [0.2, 0.25) is 5.95 Å². The minimum absolute atomic E-state index is 0.0286. The quantitative estimate of drug-likeness (QED) is 0.852. The molecule has 2 N–H and O–H groups in total. The van der Waals surface area contributed by atoms with Gasteiger partial charge in [0.15, 0.2) is 0 Å². The van der Waals surface area contributed by atoms with Gasteiger partial charge in [-0.15, -0.1) is 0 Å². The molecule has 0 unspecified atom stereocenters. The summed E-state index contributed by atoms with van der Waals surface area (Å²) in [5.74, 6) is 0.672. The summed E-state index contributed by atoms with van der Waals surface area (Å²) >= 11 is 0. The van der Waals surface area contributed by atoms with Gasteiger partial charge in [-0.1, -0.05) is 0 Å². The number of ether oxygens (including phenoxy) is 2. The number of rotatable bonds is 5. The predicted octanol–water partition coefficient (Wildman–Crippen LogP) is 1.24. The molecule has 6 nitrogen and oxygen atoms in total. The number of aryl methyl sites for hydroxylation is 2. The highest BCUT2D eigenvalue weighted by atomic mass is 16.5. The summed E-state index contributed by atoms with van der Waals surface area (Å²) in [4.78, 5) is 9.31. The molecule has 22 heavy (non-hydrogen) atoms. The second-order valence-corrected chi connectivity index (χ2v) is 6.01. The van der Waals surface area contributed by atoms with E-state index in [-0.39, 0.29) is 18.8 Å². The van der Waals surface area contributed by atoms with Crippen molar-refractivity contribution in [2.45, 2.75) is 51.2 Å². The van der Waals surface area contributed by atoms with Crippen molar-refractivity contribution in [3.63, 3.8) is 0 Å². The van der Waals surface area contributed by atoms with E-state index in [9.17, 15) is 0 Å². The van der Waals surface area contributed by atoms with Gasteiger partial charge in [-0.25, -0.2) is 9.97 Å². The Balaban J connectivity index is 1.72. The van der Waals surface area contributed by atoms with Gasteiger partial charge >= 0.3 is 0 Å². The fourth-order valence-electron chi connectivity index (χ4n) is 3.27. The summed E-state index contributed by atoms with van der Waals surface area (Å²) in [5, 5.41) is 12.3. The second kappa shape index (κ2) is 7.35. The molecule has 1 aromatic heterocycles. The number of aliphatic hydroxyl groups is 1. The molecule has 0 spiro atoms. The zero-order valence-electron chi connectivity index (χ0n) is 13.2. The average Bonchev–Trinajstić information content (AvgIpc) is 2.54. The van der Waals surface area contributed by atoms with Gasteiger partial charge in [0.05, 0.1) is 32.0 Å². The van der Waals surface area contributed by atoms with Crippen molar-refractivity contribution in [1.29, 1.82) is 0 Å². The number of aliphatic hydroxyl groups excluding tert-OH is 1. The van der Waals surface area contributed by atoms with Gasteiger partial charge in [-0.2, -0.15) is 0 Å². The van der Waals surface area contributed by atoms with E-state index >= 15 is 0 Å². The summed E-state index contributed by atoms with van der Waals surface area (Å²) < 4.78 is 11.3. The predicted molar refractivity (Wildman–Crippen MR) is 83.1 cm³/mol. The maximum Gasteiger partial charge on any atom is 0.223 e. The zero-order valence-corrected chi connectivity index (χ0v) is 13.2. The highest BCUT2D eigenvalue weighted by molar-refractivity contribution is 5.36. The van der Waals surface area contributed by atoms with Crippen LogP contribution < -0.4 is 5.32 Å². The molecule has 0 aromatic carbocycles. The lowest BCUT2D eigenvalue weighted by atomic mass is 9.95. The van der Waals surface area contributed by atoms with Crippen molar-refractivity contribution in [3.8, 4) is 0 Å². The van der Waals surface area contributed by atoms with Gasteiger partial charge in [-0.3, -0.25) is 0 Å². The molecule has 0 bridgehead atoms. The highest BCUT2D eigenvalue weighted by Crippen LogP contribution is 2.24. The third kappa shape index (κ3) is 3.56. The Morgan fingerprint density at radius 2 is 2.18 bits per heavy atom. The summed E-state index contributed by atoms with van der Waals surface area (Å²) in [6.45, 7) is 3.73. The lowest BCUT2D eigenvalue weighted by Gasteiger charge is -2.32. The molecule has 1 aromatic rings. The number of nitrogens with zero attached hydrogens (tertiary/aromatic N) is 2. The second-order valence-electron chi connectivity index (χ2n) is 6.01. The van der Waals surface area contributed by atoms with Crippen LogP contribution in [0, 0.1) is 6.92 Å². The average molecular weight is 307 g/mol. The van der Waals surface area contributed by atoms with E-state index in [1.165, 1.54) is 24.1 Å². The lowest BCUT2D eigenvalue weighted by molar-refractivity contribution is -0.0493. The molecule has 6 heteroatoms. The number of nitrogens with one attached hydrogen (secondary N) is 1. The molecule has 2 aliphatic rings. The topological polar surface area (TPSA) is 76.5 Å². The van der Waals surface area contributed by atoms with E-state index < -0.39 is 0 Å². The van der Waals surface area contributed by atoms with Gasteiger partial charge < -0.3 is 19.9 Å². The van der Waals surface area contributed by atoms with Crippen LogP contribution in [-0.2, 0) is 22.3 Å². The molecule has 0 amide bonds. The van der Waals surface area contributed by atoms with Crippen LogP contribution in [0.5, 0.6) is 0 Å². The molecule has 122 valence electrons. The Labute approximate surface area is 131 Å². The van der Waals surface area contributed by atoms with E-state index in [1.807, 2.05) is 0 Å². The van der Waals surface area contributed by atoms with Crippen LogP contribution in [0.1, 0.15) is 36.2 Å². The van der Waals surface area contributed by atoms with Crippen molar-refractivity contribution in [1.82, 2.24) is 9.97 Å². The van der Waals surface area contributed by atoms with Gasteiger partial charge in [0, 0.05) is 18.0 Å². The molecule has 0 saturated carbocycles. The van der Waals surface area contributed by atoms with Gasteiger partial charge in [0.1, 0.15) is 0 Å². The Kier molecular flexibility index (Phi) is 5.23. The fraction of sp³-hybridized carbons (Fsp3) is 0.750. The van der Waals surface area contributed by atoms with Crippen LogP contribution in [0.3, 0.4) is 0 Å². The van der Waals surface area contributed by atoms with E-state index in [4.69, 9.17) is 19.6 Å². The first-order chi connectivity index (χ1) is 10.8. The molecule has 2 atom stereocenters. The van der Waals surface area contributed by atoms with Crippen molar-refractivity contribution in [3.05, 3.63) is 17.0 Å². The monoisotopic (exact) mass is 307 g/mol. The van der Waals surface area contributed by atoms with Crippen LogP contribution in [0.25, 0.3) is 0 Å².